The Bertz CT molecular complexity index is 832. The molecule has 2 aromatic rings. The van der Waals surface area contributed by atoms with Crippen LogP contribution in [0, 0.1) is 6.92 Å². The molecule has 1 fully saturated rings. The lowest BCUT2D eigenvalue weighted by Gasteiger charge is -2.22. The smallest absolute Gasteiger partial charge is 0.151 e. The highest BCUT2D eigenvalue weighted by atomic mass is 32.2. The van der Waals surface area contributed by atoms with Crippen molar-refractivity contribution in [1.29, 1.82) is 0 Å². The number of sulfone groups is 1. The number of aromatic nitrogens is 3. The van der Waals surface area contributed by atoms with E-state index in [0.29, 0.717) is 18.8 Å². The van der Waals surface area contributed by atoms with E-state index in [-0.39, 0.29) is 17.5 Å². The molecule has 0 spiro atoms. The Hall–Kier alpha value is -1.93. The van der Waals surface area contributed by atoms with E-state index in [9.17, 15) is 8.42 Å². The molecule has 1 unspecified atom stereocenters. The lowest BCUT2D eigenvalue weighted by molar-refractivity contribution is 0.246. The number of aryl methyl sites for hydroxylation is 1. The molecule has 8 heteroatoms. The minimum Gasteiger partial charge on any atom is -0.494 e. The molecule has 24 heavy (non-hydrogen) atoms. The zero-order valence-electron chi connectivity index (χ0n) is 14.1. The van der Waals surface area contributed by atoms with Gasteiger partial charge >= 0.3 is 0 Å². The number of hydrogen-bond donors (Lipinski definition) is 0. The molecule has 1 aromatic carbocycles. The predicted octanol–water partition coefficient (Wildman–Crippen LogP) is 1.20. The molecule has 2 heterocycles. The van der Waals surface area contributed by atoms with Crippen LogP contribution in [0.3, 0.4) is 0 Å². The number of benzene rings is 1. The Morgan fingerprint density at radius 3 is 2.79 bits per heavy atom. The van der Waals surface area contributed by atoms with E-state index < -0.39 is 9.84 Å². The maximum absolute atomic E-state index is 11.7. The Balaban J connectivity index is 1.87. The SMILES string of the molecule is COc1ccccc1-n1nc(C)nc1CN(C)C1CCS(=O)(=O)C1. The van der Waals surface area contributed by atoms with E-state index >= 15 is 0 Å². The lowest BCUT2D eigenvalue weighted by Crippen LogP contribution is -2.33. The van der Waals surface area contributed by atoms with Crippen LogP contribution in [0.25, 0.3) is 5.69 Å². The Kier molecular flexibility index (Phi) is 4.60. The van der Waals surface area contributed by atoms with Gasteiger partial charge in [-0.15, -0.1) is 0 Å². The van der Waals surface area contributed by atoms with E-state index in [1.165, 1.54) is 0 Å². The zero-order chi connectivity index (χ0) is 17.3. The summed E-state index contributed by atoms with van der Waals surface area (Å²) in [5, 5.41) is 4.48. The highest BCUT2D eigenvalue weighted by Crippen LogP contribution is 2.24. The summed E-state index contributed by atoms with van der Waals surface area (Å²) in [6, 6.07) is 7.66. The van der Waals surface area contributed by atoms with Crippen molar-refractivity contribution in [3.63, 3.8) is 0 Å². The number of rotatable bonds is 5. The molecule has 0 saturated carbocycles. The van der Waals surface area contributed by atoms with Crippen molar-refractivity contribution in [3.05, 3.63) is 35.9 Å². The maximum Gasteiger partial charge on any atom is 0.151 e. The second-order valence-corrected chi connectivity index (χ2v) is 8.36. The quantitative estimate of drug-likeness (QED) is 0.806. The van der Waals surface area contributed by atoms with Crippen molar-refractivity contribution >= 4 is 9.84 Å². The fourth-order valence-electron chi connectivity index (χ4n) is 3.03. The Labute approximate surface area is 142 Å². The van der Waals surface area contributed by atoms with Crippen molar-refractivity contribution in [2.75, 3.05) is 25.7 Å². The summed E-state index contributed by atoms with van der Waals surface area (Å²) in [7, 11) is 0.650. The van der Waals surface area contributed by atoms with Crippen molar-refractivity contribution in [1.82, 2.24) is 19.7 Å². The average Bonchev–Trinajstić information content (AvgIpc) is 3.09. The first kappa shape index (κ1) is 16.9. The molecule has 130 valence electrons. The molecule has 0 bridgehead atoms. The maximum atomic E-state index is 11.7. The molecule has 1 atom stereocenters. The molecule has 0 radical (unpaired) electrons. The number of hydrogen-bond acceptors (Lipinski definition) is 6. The van der Waals surface area contributed by atoms with Crippen LogP contribution in [0.1, 0.15) is 18.1 Å². The predicted molar refractivity (Wildman–Crippen MR) is 91.2 cm³/mol. The van der Waals surface area contributed by atoms with Crippen molar-refractivity contribution in [3.8, 4) is 11.4 Å². The number of methoxy groups -OCH3 is 1. The third-order valence-electron chi connectivity index (χ3n) is 4.32. The van der Waals surface area contributed by atoms with Crippen molar-refractivity contribution in [2.24, 2.45) is 0 Å². The van der Waals surface area contributed by atoms with Gasteiger partial charge in [-0.3, -0.25) is 4.90 Å². The second-order valence-electron chi connectivity index (χ2n) is 6.13. The summed E-state index contributed by atoms with van der Waals surface area (Å²) in [4.78, 5) is 6.56. The van der Waals surface area contributed by atoms with Gasteiger partial charge in [0.1, 0.15) is 23.1 Å². The van der Waals surface area contributed by atoms with E-state index in [1.807, 2.05) is 43.1 Å². The van der Waals surface area contributed by atoms with Crippen LogP contribution in [-0.2, 0) is 16.4 Å². The fraction of sp³-hybridized carbons (Fsp3) is 0.500. The number of para-hydroxylation sites is 2. The van der Waals surface area contributed by atoms with Crippen molar-refractivity contribution in [2.45, 2.75) is 25.9 Å². The van der Waals surface area contributed by atoms with Crippen LogP contribution in [0.15, 0.2) is 24.3 Å². The fourth-order valence-corrected chi connectivity index (χ4v) is 4.84. The van der Waals surface area contributed by atoms with Gasteiger partial charge in [0.15, 0.2) is 9.84 Å². The van der Waals surface area contributed by atoms with Crippen LogP contribution in [-0.4, -0.2) is 59.8 Å². The van der Waals surface area contributed by atoms with Gasteiger partial charge in [-0.1, -0.05) is 12.1 Å². The van der Waals surface area contributed by atoms with Crippen LogP contribution in [0.4, 0.5) is 0 Å². The van der Waals surface area contributed by atoms with Crippen LogP contribution in [0.2, 0.25) is 0 Å². The monoisotopic (exact) mass is 350 g/mol. The summed E-state index contributed by atoms with van der Waals surface area (Å²) in [5.74, 6) is 2.63. The van der Waals surface area contributed by atoms with E-state index in [0.717, 1.165) is 17.3 Å². The average molecular weight is 350 g/mol. The van der Waals surface area contributed by atoms with Gasteiger partial charge in [-0.2, -0.15) is 5.10 Å². The van der Waals surface area contributed by atoms with E-state index in [2.05, 4.69) is 10.1 Å². The molecule has 3 rings (SSSR count). The zero-order valence-corrected chi connectivity index (χ0v) is 15.0. The molecule has 1 aromatic heterocycles. The first-order chi connectivity index (χ1) is 11.4. The van der Waals surface area contributed by atoms with Gasteiger partial charge in [0.2, 0.25) is 0 Å². The minimum absolute atomic E-state index is 0.0260. The minimum atomic E-state index is -2.91. The van der Waals surface area contributed by atoms with Gasteiger partial charge < -0.3 is 4.74 Å². The van der Waals surface area contributed by atoms with Crippen molar-refractivity contribution < 1.29 is 13.2 Å². The lowest BCUT2D eigenvalue weighted by atomic mass is 10.2. The molecule has 1 aliphatic heterocycles. The van der Waals surface area contributed by atoms with Crippen LogP contribution < -0.4 is 4.74 Å². The topological polar surface area (TPSA) is 77.3 Å². The van der Waals surface area contributed by atoms with Gasteiger partial charge in [0.05, 0.1) is 25.2 Å². The van der Waals surface area contributed by atoms with Gasteiger partial charge in [0.25, 0.3) is 0 Å². The molecule has 1 aliphatic rings. The highest BCUT2D eigenvalue weighted by Gasteiger charge is 2.31. The third kappa shape index (κ3) is 3.44. The number of nitrogens with zero attached hydrogens (tertiary/aromatic N) is 4. The van der Waals surface area contributed by atoms with Gasteiger partial charge in [-0.05, 0) is 32.5 Å². The summed E-state index contributed by atoms with van der Waals surface area (Å²) in [6.45, 7) is 2.37. The largest absolute Gasteiger partial charge is 0.494 e. The number of ether oxygens (including phenoxy) is 1. The first-order valence-corrected chi connectivity index (χ1v) is 9.68. The first-order valence-electron chi connectivity index (χ1n) is 7.86. The highest BCUT2D eigenvalue weighted by molar-refractivity contribution is 7.91. The molecule has 1 saturated heterocycles. The summed E-state index contributed by atoms with van der Waals surface area (Å²) < 4.78 is 30.6. The van der Waals surface area contributed by atoms with Gasteiger partial charge in [-0.25, -0.2) is 18.1 Å². The Morgan fingerprint density at radius 2 is 2.12 bits per heavy atom. The van der Waals surface area contributed by atoms with Crippen LogP contribution in [0.5, 0.6) is 5.75 Å². The molecule has 0 N–H and O–H groups in total. The van der Waals surface area contributed by atoms with Crippen LogP contribution >= 0.6 is 0 Å². The van der Waals surface area contributed by atoms with Gasteiger partial charge in [0, 0.05) is 6.04 Å². The summed E-state index contributed by atoms with van der Waals surface area (Å²) >= 11 is 0. The standard InChI is InChI=1S/C16H22N4O3S/c1-12-17-16(10-19(2)13-8-9-24(21,22)11-13)20(18-12)14-6-4-5-7-15(14)23-3/h4-7,13H,8-11H2,1-3H3. The van der Waals surface area contributed by atoms with E-state index in [1.54, 1.807) is 11.8 Å². The molecule has 7 nitrogen and oxygen atoms in total. The molecule has 0 amide bonds. The summed E-state index contributed by atoms with van der Waals surface area (Å²) in [6.07, 6.45) is 0.667. The molecular weight excluding hydrogens is 328 g/mol. The molecule has 0 aliphatic carbocycles. The van der Waals surface area contributed by atoms with E-state index in [4.69, 9.17) is 4.74 Å². The molecular formula is C16H22N4O3S. The Morgan fingerprint density at radius 1 is 1.38 bits per heavy atom. The summed E-state index contributed by atoms with van der Waals surface area (Å²) in [5.41, 5.74) is 0.822. The third-order valence-corrected chi connectivity index (χ3v) is 6.07. The normalized spacial score (nSPS) is 19.8. The second kappa shape index (κ2) is 6.52.